The molecule has 0 atom stereocenters. The van der Waals surface area contributed by atoms with Gasteiger partial charge in [0.15, 0.2) is 0 Å². The molecule has 5 rings (SSSR count). The second kappa shape index (κ2) is 10.9. The van der Waals surface area contributed by atoms with Crippen LogP contribution in [-0.4, -0.2) is 16.4 Å². The zero-order valence-corrected chi connectivity index (χ0v) is 21.1. The molecule has 40 heavy (non-hydrogen) atoms. The van der Waals surface area contributed by atoms with Crippen molar-refractivity contribution >= 4 is 0 Å². The van der Waals surface area contributed by atoms with Crippen LogP contribution in [0.25, 0.3) is 0 Å². The number of aromatic hydroxyl groups is 2. The van der Waals surface area contributed by atoms with E-state index in [2.05, 4.69) is 11.8 Å². The third-order valence-corrected chi connectivity index (χ3v) is 6.53. The minimum Gasteiger partial charge on any atom is -0.508 e. The van der Waals surface area contributed by atoms with Crippen LogP contribution in [0.2, 0.25) is 0 Å². The van der Waals surface area contributed by atoms with E-state index >= 15 is 13.2 Å². The minimum absolute atomic E-state index is 0.0461. The smallest absolute Gasteiger partial charge is 0.406 e. The Labute approximate surface area is 229 Å². The third-order valence-electron chi connectivity index (χ3n) is 6.53. The van der Waals surface area contributed by atoms with E-state index in [1.165, 1.54) is 72.8 Å². The van der Waals surface area contributed by atoms with Crippen LogP contribution in [0.3, 0.4) is 0 Å². The Bertz CT molecular complexity index is 1580. The molecule has 0 fully saturated rings. The van der Waals surface area contributed by atoms with Gasteiger partial charge in [0.05, 0.1) is 0 Å². The molecule has 2 N–H and O–H groups in total. The Hall–Kier alpha value is -5.15. The van der Waals surface area contributed by atoms with Crippen LogP contribution in [0.15, 0.2) is 127 Å². The second-order valence-corrected chi connectivity index (χ2v) is 9.11. The molecule has 6 heteroatoms. The standard InChI is InChI=1S/C34H23F3O3/c35-34(36,37)33(26-10-16-29(38)17-11-26,27-12-18-30(39)19-13-27)28-14-22-32(23-15-28)40-31-20-8-25(9-21-31)7-6-24-4-2-1-3-5-24/h1-5,8-23,38-39H. The molecule has 0 saturated carbocycles. The molecule has 0 aliphatic carbocycles. The lowest BCUT2D eigenvalue weighted by atomic mass is 9.68. The van der Waals surface area contributed by atoms with Crippen molar-refractivity contribution in [3.8, 4) is 34.8 Å². The molecule has 0 aliphatic rings. The van der Waals surface area contributed by atoms with Crippen LogP contribution < -0.4 is 4.74 Å². The first-order valence-electron chi connectivity index (χ1n) is 12.4. The van der Waals surface area contributed by atoms with Gasteiger partial charge < -0.3 is 14.9 Å². The summed E-state index contributed by atoms with van der Waals surface area (Å²) in [4.78, 5) is 0. The molecular weight excluding hydrogens is 513 g/mol. The molecule has 0 aromatic heterocycles. The van der Waals surface area contributed by atoms with Crippen molar-refractivity contribution in [1.82, 2.24) is 0 Å². The number of hydrogen-bond donors (Lipinski definition) is 2. The Kier molecular flexibility index (Phi) is 7.22. The van der Waals surface area contributed by atoms with Gasteiger partial charge in [-0.25, -0.2) is 0 Å². The summed E-state index contributed by atoms with van der Waals surface area (Å²) >= 11 is 0. The fraction of sp³-hybridized carbons (Fsp3) is 0.0588. The number of phenols is 2. The summed E-state index contributed by atoms with van der Waals surface area (Å²) in [6, 6.07) is 32.3. The van der Waals surface area contributed by atoms with Gasteiger partial charge in [-0.1, -0.05) is 66.4 Å². The van der Waals surface area contributed by atoms with E-state index in [1.54, 1.807) is 12.1 Å². The zero-order chi connectivity index (χ0) is 28.2. The summed E-state index contributed by atoms with van der Waals surface area (Å²) in [6.07, 6.45) is -4.76. The lowest BCUT2D eigenvalue weighted by Crippen LogP contribution is -2.44. The molecule has 0 aliphatic heterocycles. The van der Waals surface area contributed by atoms with Gasteiger partial charge in [-0.05, 0) is 89.5 Å². The minimum atomic E-state index is -4.76. The second-order valence-electron chi connectivity index (χ2n) is 9.11. The van der Waals surface area contributed by atoms with Gasteiger partial charge in [0, 0.05) is 11.1 Å². The van der Waals surface area contributed by atoms with Gasteiger partial charge in [0.25, 0.3) is 0 Å². The third kappa shape index (κ3) is 5.36. The fourth-order valence-electron chi connectivity index (χ4n) is 4.60. The molecule has 5 aromatic carbocycles. The van der Waals surface area contributed by atoms with Crippen molar-refractivity contribution < 1.29 is 28.1 Å². The maximum atomic E-state index is 15.1. The van der Waals surface area contributed by atoms with E-state index in [0.717, 1.165) is 11.1 Å². The summed E-state index contributed by atoms with van der Waals surface area (Å²) in [5, 5.41) is 19.5. The lowest BCUT2D eigenvalue weighted by Gasteiger charge is -2.37. The van der Waals surface area contributed by atoms with Crippen molar-refractivity contribution in [2.24, 2.45) is 0 Å². The average molecular weight is 537 g/mol. The Balaban J connectivity index is 1.47. The van der Waals surface area contributed by atoms with Gasteiger partial charge in [-0.3, -0.25) is 0 Å². The first-order valence-corrected chi connectivity index (χ1v) is 12.4. The molecule has 0 radical (unpaired) electrons. The number of alkyl halides is 3. The van der Waals surface area contributed by atoms with Crippen LogP contribution in [0.5, 0.6) is 23.0 Å². The van der Waals surface area contributed by atoms with Gasteiger partial charge in [-0.15, -0.1) is 0 Å². The SMILES string of the molecule is Oc1ccc(C(c2ccc(O)cc2)(c2ccc(Oc3ccc(C#Cc4ccccc4)cc3)cc2)C(F)(F)F)cc1. The van der Waals surface area contributed by atoms with Crippen molar-refractivity contribution in [1.29, 1.82) is 0 Å². The first kappa shape index (κ1) is 26.5. The number of rotatable bonds is 5. The Morgan fingerprint density at radius 3 is 1.27 bits per heavy atom. The number of phenolic OH excluding ortho intramolecular Hbond substituents is 2. The predicted octanol–water partition coefficient (Wildman–Crippen LogP) is 8.19. The van der Waals surface area contributed by atoms with Crippen LogP contribution >= 0.6 is 0 Å². The van der Waals surface area contributed by atoms with Crippen LogP contribution in [-0.2, 0) is 5.41 Å². The molecule has 0 amide bonds. The van der Waals surface area contributed by atoms with Crippen LogP contribution in [0.1, 0.15) is 27.8 Å². The molecule has 0 bridgehead atoms. The van der Waals surface area contributed by atoms with Crippen molar-refractivity contribution in [3.05, 3.63) is 155 Å². The summed E-state index contributed by atoms with van der Waals surface area (Å²) in [5.74, 6) is 6.75. The number of hydrogen-bond acceptors (Lipinski definition) is 3. The molecular formula is C34H23F3O3. The summed E-state index contributed by atoms with van der Waals surface area (Å²) in [5.41, 5.74) is -1.07. The van der Waals surface area contributed by atoms with Gasteiger partial charge in [-0.2, -0.15) is 13.2 Å². The van der Waals surface area contributed by atoms with Crippen molar-refractivity contribution in [3.63, 3.8) is 0 Å². The monoisotopic (exact) mass is 536 g/mol. The molecule has 5 aromatic rings. The number of benzene rings is 5. The molecule has 3 nitrogen and oxygen atoms in total. The van der Waals surface area contributed by atoms with E-state index in [0.29, 0.717) is 11.5 Å². The molecule has 198 valence electrons. The number of ether oxygens (including phenoxy) is 1. The highest BCUT2D eigenvalue weighted by molar-refractivity contribution is 5.55. The van der Waals surface area contributed by atoms with E-state index in [1.807, 2.05) is 42.5 Å². The highest BCUT2D eigenvalue weighted by Crippen LogP contribution is 2.51. The average Bonchev–Trinajstić information content (AvgIpc) is 2.95. The van der Waals surface area contributed by atoms with Crippen molar-refractivity contribution in [2.45, 2.75) is 11.6 Å². The van der Waals surface area contributed by atoms with Gasteiger partial charge in [0.1, 0.15) is 28.4 Å². The van der Waals surface area contributed by atoms with Crippen molar-refractivity contribution in [2.75, 3.05) is 0 Å². The van der Waals surface area contributed by atoms with E-state index in [9.17, 15) is 10.2 Å². The maximum absolute atomic E-state index is 15.1. The largest absolute Gasteiger partial charge is 0.508 e. The summed E-state index contributed by atoms with van der Waals surface area (Å²) in [7, 11) is 0. The topological polar surface area (TPSA) is 49.7 Å². The molecule has 0 spiro atoms. The van der Waals surface area contributed by atoms with E-state index in [4.69, 9.17) is 4.74 Å². The summed E-state index contributed by atoms with van der Waals surface area (Å²) in [6.45, 7) is 0. The maximum Gasteiger partial charge on any atom is 0.406 e. The summed E-state index contributed by atoms with van der Waals surface area (Å²) < 4.78 is 51.3. The normalized spacial score (nSPS) is 11.4. The highest BCUT2D eigenvalue weighted by Gasteiger charge is 2.58. The van der Waals surface area contributed by atoms with Gasteiger partial charge >= 0.3 is 6.18 Å². The van der Waals surface area contributed by atoms with Gasteiger partial charge in [0.2, 0.25) is 0 Å². The van der Waals surface area contributed by atoms with Crippen LogP contribution in [0, 0.1) is 11.8 Å². The molecule has 0 saturated heterocycles. The first-order chi connectivity index (χ1) is 19.3. The highest BCUT2D eigenvalue weighted by atomic mass is 19.4. The van der Waals surface area contributed by atoms with E-state index < -0.39 is 11.6 Å². The Morgan fingerprint density at radius 2 is 0.850 bits per heavy atom. The van der Waals surface area contributed by atoms with Crippen LogP contribution in [0.4, 0.5) is 13.2 Å². The lowest BCUT2D eigenvalue weighted by molar-refractivity contribution is -0.166. The fourth-order valence-corrected chi connectivity index (χ4v) is 4.60. The zero-order valence-electron chi connectivity index (χ0n) is 21.1. The predicted molar refractivity (Wildman–Crippen MR) is 148 cm³/mol. The Morgan fingerprint density at radius 1 is 0.475 bits per heavy atom. The molecule has 0 heterocycles. The quantitative estimate of drug-likeness (QED) is 0.176. The molecule has 0 unspecified atom stereocenters. The van der Waals surface area contributed by atoms with E-state index in [-0.39, 0.29) is 28.2 Å². The number of halogens is 3.